The summed E-state index contributed by atoms with van der Waals surface area (Å²) < 4.78 is 0. The second-order valence-corrected chi connectivity index (χ2v) is 5.14. The third-order valence-electron chi connectivity index (χ3n) is 3.58. The van der Waals surface area contributed by atoms with Crippen LogP contribution in [0.1, 0.15) is 41.4 Å². The van der Waals surface area contributed by atoms with Gasteiger partial charge < -0.3 is 10.6 Å². The fourth-order valence-corrected chi connectivity index (χ4v) is 2.42. The number of carbonyl (C=O) groups excluding carboxylic acids is 1. The van der Waals surface area contributed by atoms with Crippen molar-refractivity contribution in [3.05, 3.63) is 65.2 Å². The molecule has 1 unspecified atom stereocenters. The van der Waals surface area contributed by atoms with Crippen LogP contribution in [0.5, 0.6) is 0 Å². The Morgan fingerprint density at radius 2 is 1.76 bits per heavy atom. The van der Waals surface area contributed by atoms with Crippen molar-refractivity contribution in [2.75, 3.05) is 11.9 Å². The third kappa shape index (κ3) is 3.70. The summed E-state index contributed by atoms with van der Waals surface area (Å²) in [5.74, 6) is -0.0655. The molecule has 0 spiro atoms. The van der Waals surface area contributed by atoms with Crippen molar-refractivity contribution in [2.45, 2.75) is 26.8 Å². The molecule has 110 valence electrons. The summed E-state index contributed by atoms with van der Waals surface area (Å²) in [6.45, 7) is 7.01. The van der Waals surface area contributed by atoms with Crippen molar-refractivity contribution in [1.82, 2.24) is 5.32 Å². The van der Waals surface area contributed by atoms with E-state index in [2.05, 4.69) is 24.5 Å². The van der Waals surface area contributed by atoms with Crippen molar-refractivity contribution in [2.24, 2.45) is 0 Å². The van der Waals surface area contributed by atoms with Gasteiger partial charge in [-0.25, -0.2) is 0 Å². The number of para-hydroxylation sites is 1. The summed E-state index contributed by atoms with van der Waals surface area (Å²) in [7, 11) is 0. The van der Waals surface area contributed by atoms with Gasteiger partial charge in [-0.3, -0.25) is 4.79 Å². The molecule has 3 nitrogen and oxygen atoms in total. The summed E-state index contributed by atoms with van der Waals surface area (Å²) in [6.07, 6.45) is 0. The van der Waals surface area contributed by atoms with Crippen LogP contribution in [0.2, 0.25) is 0 Å². The maximum Gasteiger partial charge on any atom is 0.255 e. The van der Waals surface area contributed by atoms with Crippen LogP contribution < -0.4 is 10.6 Å². The van der Waals surface area contributed by atoms with E-state index in [9.17, 15) is 4.79 Å². The first kappa shape index (κ1) is 15.3. The predicted octanol–water partition coefficient (Wildman–Crippen LogP) is 3.92. The first-order chi connectivity index (χ1) is 10.1. The monoisotopic (exact) mass is 282 g/mol. The van der Waals surface area contributed by atoms with Gasteiger partial charge in [-0.15, -0.1) is 0 Å². The molecule has 0 aliphatic heterocycles. The Bertz CT molecular complexity index is 622. The Morgan fingerprint density at radius 3 is 2.48 bits per heavy atom. The highest BCUT2D eigenvalue weighted by Gasteiger charge is 2.13. The van der Waals surface area contributed by atoms with Gasteiger partial charge in [0.1, 0.15) is 0 Å². The SMILES string of the molecule is CCNC(C)c1ccccc1NC(=O)c1ccccc1C. The highest BCUT2D eigenvalue weighted by molar-refractivity contribution is 6.05. The lowest BCUT2D eigenvalue weighted by Gasteiger charge is -2.18. The second kappa shape index (κ2) is 7.04. The van der Waals surface area contributed by atoms with E-state index in [1.54, 1.807) is 0 Å². The van der Waals surface area contributed by atoms with Crippen LogP contribution in [0.25, 0.3) is 0 Å². The van der Waals surface area contributed by atoms with Gasteiger partial charge in [0.2, 0.25) is 0 Å². The minimum atomic E-state index is -0.0655. The van der Waals surface area contributed by atoms with E-state index >= 15 is 0 Å². The predicted molar refractivity (Wildman–Crippen MR) is 87.7 cm³/mol. The number of rotatable bonds is 5. The first-order valence-electron chi connectivity index (χ1n) is 7.32. The zero-order valence-corrected chi connectivity index (χ0v) is 12.8. The Hall–Kier alpha value is -2.13. The van der Waals surface area contributed by atoms with E-state index in [4.69, 9.17) is 0 Å². The van der Waals surface area contributed by atoms with Gasteiger partial charge in [0.15, 0.2) is 0 Å². The maximum absolute atomic E-state index is 12.4. The Labute approximate surface area is 126 Å². The lowest BCUT2D eigenvalue weighted by Crippen LogP contribution is -2.21. The number of benzene rings is 2. The minimum Gasteiger partial charge on any atom is -0.322 e. The van der Waals surface area contributed by atoms with Crippen LogP contribution in [0.15, 0.2) is 48.5 Å². The van der Waals surface area contributed by atoms with Gasteiger partial charge in [0.05, 0.1) is 0 Å². The summed E-state index contributed by atoms with van der Waals surface area (Å²) in [5, 5.41) is 6.40. The van der Waals surface area contributed by atoms with Crippen LogP contribution in [0.4, 0.5) is 5.69 Å². The standard InChI is InChI=1S/C18H22N2O/c1-4-19-14(3)16-11-7-8-12-17(16)20-18(21)15-10-6-5-9-13(15)2/h5-12,14,19H,4H2,1-3H3,(H,20,21). The minimum absolute atomic E-state index is 0.0655. The van der Waals surface area contributed by atoms with Gasteiger partial charge in [0, 0.05) is 17.3 Å². The number of hydrogen-bond donors (Lipinski definition) is 2. The molecule has 2 rings (SSSR count). The Morgan fingerprint density at radius 1 is 1.10 bits per heavy atom. The molecule has 0 radical (unpaired) electrons. The molecule has 0 aromatic heterocycles. The smallest absolute Gasteiger partial charge is 0.255 e. The van der Waals surface area contributed by atoms with Gasteiger partial charge in [-0.2, -0.15) is 0 Å². The number of aryl methyl sites for hydroxylation is 1. The summed E-state index contributed by atoms with van der Waals surface area (Å²) in [5.41, 5.74) is 3.65. The summed E-state index contributed by atoms with van der Waals surface area (Å²) >= 11 is 0. The molecule has 1 atom stereocenters. The maximum atomic E-state index is 12.4. The van der Waals surface area contributed by atoms with Crippen molar-refractivity contribution >= 4 is 11.6 Å². The molecular weight excluding hydrogens is 260 g/mol. The molecule has 2 aromatic carbocycles. The number of hydrogen-bond acceptors (Lipinski definition) is 2. The summed E-state index contributed by atoms with van der Waals surface area (Å²) in [4.78, 5) is 12.4. The lowest BCUT2D eigenvalue weighted by molar-refractivity contribution is 0.102. The molecule has 0 saturated heterocycles. The largest absolute Gasteiger partial charge is 0.322 e. The first-order valence-corrected chi connectivity index (χ1v) is 7.32. The lowest BCUT2D eigenvalue weighted by atomic mass is 10.0. The van der Waals surface area contributed by atoms with Gasteiger partial charge >= 0.3 is 0 Å². The Balaban J connectivity index is 2.24. The van der Waals surface area contributed by atoms with Crippen LogP contribution in [0, 0.1) is 6.92 Å². The molecule has 0 aliphatic carbocycles. The van der Waals surface area contributed by atoms with Gasteiger partial charge in [-0.05, 0) is 43.7 Å². The van der Waals surface area contributed by atoms with E-state index in [1.807, 2.05) is 55.5 Å². The van der Waals surface area contributed by atoms with Gasteiger partial charge in [-0.1, -0.05) is 43.3 Å². The quantitative estimate of drug-likeness (QED) is 0.872. The number of anilines is 1. The number of carbonyl (C=O) groups is 1. The fraction of sp³-hybridized carbons (Fsp3) is 0.278. The van der Waals surface area contributed by atoms with Crippen molar-refractivity contribution in [3.63, 3.8) is 0 Å². The molecule has 2 aromatic rings. The molecule has 0 fully saturated rings. The topological polar surface area (TPSA) is 41.1 Å². The fourth-order valence-electron chi connectivity index (χ4n) is 2.42. The number of amides is 1. The van der Waals surface area contributed by atoms with E-state index in [1.165, 1.54) is 0 Å². The molecule has 3 heteroatoms. The van der Waals surface area contributed by atoms with Crippen LogP contribution >= 0.6 is 0 Å². The second-order valence-electron chi connectivity index (χ2n) is 5.14. The average Bonchev–Trinajstić information content (AvgIpc) is 2.48. The van der Waals surface area contributed by atoms with E-state index in [0.29, 0.717) is 5.56 Å². The molecule has 2 N–H and O–H groups in total. The molecule has 21 heavy (non-hydrogen) atoms. The van der Waals surface area contributed by atoms with E-state index in [0.717, 1.165) is 23.4 Å². The molecule has 0 aliphatic rings. The number of nitrogens with one attached hydrogen (secondary N) is 2. The van der Waals surface area contributed by atoms with Crippen molar-refractivity contribution in [1.29, 1.82) is 0 Å². The highest BCUT2D eigenvalue weighted by Crippen LogP contribution is 2.23. The normalized spacial score (nSPS) is 12.0. The third-order valence-corrected chi connectivity index (χ3v) is 3.58. The highest BCUT2D eigenvalue weighted by atomic mass is 16.1. The van der Waals surface area contributed by atoms with Crippen LogP contribution in [0.3, 0.4) is 0 Å². The molecular formula is C18H22N2O. The zero-order valence-electron chi connectivity index (χ0n) is 12.8. The van der Waals surface area contributed by atoms with Crippen LogP contribution in [-0.4, -0.2) is 12.5 Å². The molecule has 0 saturated carbocycles. The Kier molecular flexibility index (Phi) is 5.12. The molecule has 1 amide bonds. The van der Waals surface area contributed by atoms with Crippen molar-refractivity contribution in [3.8, 4) is 0 Å². The van der Waals surface area contributed by atoms with Crippen molar-refractivity contribution < 1.29 is 4.79 Å². The molecule has 0 bridgehead atoms. The summed E-state index contributed by atoms with van der Waals surface area (Å²) in [6, 6.07) is 15.7. The zero-order chi connectivity index (χ0) is 15.2. The van der Waals surface area contributed by atoms with E-state index < -0.39 is 0 Å². The average molecular weight is 282 g/mol. The van der Waals surface area contributed by atoms with Gasteiger partial charge in [0.25, 0.3) is 5.91 Å². The molecule has 0 heterocycles. The van der Waals surface area contributed by atoms with Crippen LogP contribution in [-0.2, 0) is 0 Å². The van der Waals surface area contributed by atoms with E-state index in [-0.39, 0.29) is 11.9 Å².